The monoisotopic (exact) mass is 869 g/mol. The largest absolute Gasteiger partial charge is 0.743 e. The van der Waals surface area contributed by atoms with Crippen LogP contribution < -0.4 is 0 Å². The van der Waals surface area contributed by atoms with Gasteiger partial charge in [-0.1, -0.05) is 0 Å². The van der Waals surface area contributed by atoms with Crippen LogP contribution in [-0.2, 0) is 33.9 Å². The zero-order chi connectivity index (χ0) is 26.7. The molecule has 3 aliphatic rings. The maximum absolute atomic E-state index is 13.7. The molecule has 16 heteroatoms. The van der Waals surface area contributed by atoms with Gasteiger partial charge in [0.1, 0.15) is 12.2 Å². The Morgan fingerprint density at radius 2 is 1.89 bits per heavy atom. The van der Waals surface area contributed by atoms with Crippen molar-refractivity contribution in [2.75, 3.05) is 6.61 Å². The van der Waals surface area contributed by atoms with Gasteiger partial charge >= 0.3 is 23.2 Å². The summed E-state index contributed by atoms with van der Waals surface area (Å²) in [6.07, 6.45) is -6.01. The van der Waals surface area contributed by atoms with Gasteiger partial charge in [-0.3, -0.25) is 9.59 Å². The van der Waals surface area contributed by atoms with E-state index in [4.69, 9.17) is 14.2 Å². The second-order valence-electron chi connectivity index (χ2n) is 8.58. The van der Waals surface area contributed by atoms with Crippen LogP contribution in [0.5, 0.6) is 0 Å². The van der Waals surface area contributed by atoms with Gasteiger partial charge in [-0.2, -0.15) is 8.78 Å². The molecule has 36 heavy (non-hydrogen) atoms. The highest BCUT2D eigenvalue weighted by atomic mass is 127. The Labute approximate surface area is 243 Å². The minimum atomic E-state index is -6.25. The number of rotatable bonds is 8. The van der Waals surface area contributed by atoms with Crippen LogP contribution in [0.2, 0.25) is 0 Å². The highest BCUT2D eigenvalue weighted by Crippen LogP contribution is 2.59. The topological polar surface area (TPSA) is 136 Å². The van der Waals surface area contributed by atoms with Crippen LogP contribution in [-0.4, -0.2) is 61.1 Å². The number of alkyl halides is 3. The molecular weight excluding hydrogens is 854 g/mol. The molecule has 1 aromatic carbocycles. The van der Waals surface area contributed by atoms with Gasteiger partial charge in [0.15, 0.2) is 16.3 Å². The third kappa shape index (κ3) is 4.96. The normalized spacial score (nSPS) is 29.7. The Morgan fingerprint density at radius 3 is 2.53 bits per heavy atom. The first-order valence-electron chi connectivity index (χ1n) is 10.3. The molecule has 3 fully saturated rings. The molecular formula is C20H15F3I3O9S-. The minimum Gasteiger partial charge on any atom is -0.743 e. The Kier molecular flexibility index (Phi) is 8.12. The third-order valence-corrected chi connectivity index (χ3v) is 11.2. The lowest BCUT2D eigenvalue weighted by Crippen LogP contribution is -2.44. The van der Waals surface area contributed by atoms with Crippen LogP contribution in [0.1, 0.15) is 23.2 Å². The molecule has 198 valence electrons. The number of halogens is 6. The van der Waals surface area contributed by atoms with Crippen molar-refractivity contribution in [3.05, 3.63) is 28.4 Å². The summed E-state index contributed by atoms with van der Waals surface area (Å²) in [5.74, 6) is -5.43. The first-order valence-corrected chi connectivity index (χ1v) is 15.0. The molecule has 0 N–H and O–H groups in total. The molecule has 0 aromatic heterocycles. The third-order valence-electron chi connectivity index (χ3n) is 6.59. The summed E-state index contributed by atoms with van der Waals surface area (Å²) in [5, 5.41) is -5.18. The molecule has 2 saturated carbocycles. The number of hydrogen-bond donors (Lipinski definition) is 0. The van der Waals surface area contributed by atoms with Crippen molar-refractivity contribution in [3.63, 3.8) is 0 Å². The van der Waals surface area contributed by atoms with E-state index in [1.54, 1.807) is 6.07 Å². The molecule has 0 spiro atoms. The van der Waals surface area contributed by atoms with Crippen LogP contribution in [0.15, 0.2) is 12.1 Å². The van der Waals surface area contributed by atoms with E-state index in [1.807, 2.05) is 28.7 Å². The lowest BCUT2D eigenvalue weighted by molar-refractivity contribution is -0.157. The van der Waals surface area contributed by atoms with Crippen LogP contribution in [0.4, 0.5) is 13.2 Å². The molecule has 1 aliphatic heterocycles. The number of hydrogen-bond acceptors (Lipinski definition) is 9. The van der Waals surface area contributed by atoms with Crippen molar-refractivity contribution in [3.8, 4) is 0 Å². The predicted molar refractivity (Wildman–Crippen MR) is 137 cm³/mol. The Bertz CT molecular complexity index is 1230. The number of esters is 3. The van der Waals surface area contributed by atoms with Crippen LogP contribution >= 0.6 is 67.8 Å². The maximum Gasteiger partial charge on any atom is 0.364 e. The number of fused-ring (bicyclic) bond motifs is 1. The standard InChI is InChI=1S/C20H16F3I3O9S/c21-11(20(22,23)36(30,31)32)1-2-33-18(28)12-7-5-8-13(12)19(29)35-16(8)15(7)34-17(27)9-3-6(24)4-10(25)14(9)26/h3-4,7-8,11-13,15-16H,1-2,5H2,(H,30,31,32)/p-1. The quantitative estimate of drug-likeness (QED) is 0.127. The van der Waals surface area contributed by atoms with Crippen LogP contribution in [0.25, 0.3) is 0 Å². The predicted octanol–water partition coefficient (Wildman–Crippen LogP) is 3.24. The zero-order valence-corrected chi connectivity index (χ0v) is 25.0. The van der Waals surface area contributed by atoms with Crippen molar-refractivity contribution in [2.24, 2.45) is 23.7 Å². The van der Waals surface area contributed by atoms with Gasteiger partial charge in [0.2, 0.25) is 0 Å². The summed E-state index contributed by atoms with van der Waals surface area (Å²) in [5.41, 5.74) is 0.304. The lowest BCUT2D eigenvalue weighted by atomic mass is 9.78. The molecule has 1 saturated heterocycles. The van der Waals surface area contributed by atoms with Crippen molar-refractivity contribution in [2.45, 2.75) is 36.5 Å². The van der Waals surface area contributed by atoms with Crippen LogP contribution in [0.3, 0.4) is 0 Å². The van der Waals surface area contributed by atoms with E-state index in [0.29, 0.717) is 15.6 Å². The van der Waals surface area contributed by atoms with Crippen LogP contribution in [0, 0.1) is 34.4 Å². The molecule has 2 aliphatic carbocycles. The molecule has 9 nitrogen and oxygen atoms in total. The molecule has 4 rings (SSSR count). The molecule has 0 amide bonds. The fraction of sp³-hybridized carbons (Fsp3) is 0.550. The summed E-state index contributed by atoms with van der Waals surface area (Å²) >= 11 is 6.13. The minimum absolute atomic E-state index is 0.304. The molecule has 0 radical (unpaired) electrons. The number of carbonyl (C=O) groups excluding carboxylic acids is 3. The van der Waals surface area contributed by atoms with Crippen molar-refractivity contribution in [1.82, 2.24) is 0 Å². The Morgan fingerprint density at radius 1 is 1.22 bits per heavy atom. The van der Waals surface area contributed by atoms with E-state index >= 15 is 0 Å². The molecule has 7 unspecified atom stereocenters. The van der Waals surface area contributed by atoms with E-state index in [9.17, 15) is 40.5 Å². The Balaban J connectivity index is 1.46. The summed E-state index contributed by atoms with van der Waals surface area (Å²) in [7, 11) is -6.25. The van der Waals surface area contributed by atoms with Crippen molar-refractivity contribution in [1.29, 1.82) is 0 Å². The van der Waals surface area contributed by atoms with E-state index in [-0.39, 0.29) is 0 Å². The first-order chi connectivity index (χ1) is 16.6. The van der Waals surface area contributed by atoms with Gasteiger partial charge in [-0.05, 0) is 86.3 Å². The fourth-order valence-corrected chi connectivity index (χ4v) is 7.85. The molecule has 1 aromatic rings. The van der Waals surface area contributed by atoms with E-state index in [0.717, 1.165) is 7.14 Å². The van der Waals surface area contributed by atoms with E-state index < -0.39 is 88.4 Å². The smallest absolute Gasteiger partial charge is 0.364 e. The fourth-order valence-electron chi connectivity index (χ4n) is 5.04. The highest BCUT2D eigenvalue weighted by molar-refractivity contribution is 14.1. The van der Waals surface area contributed by atoms with Gasteiger partial charge in [0.25, 0.3) is 0 Å². The molecule has 7 atom stereocenters. The molecule has 1 heterocycles. The van der Waals surface area contributed by atoms with E-state index in [1.165, 1.54) is 0 Å². The first kappa shape index (κ1) is 28.5. The van der Waals surface area contributed by atoms with Gasteiger partial charge < -0.3 is 18.8 Å². The van der Waals surface area contributed by atoms with Crippen molar-refractivity contribution < 1.29 is 54.7 Å². The average molecular weight is 869 g/mol. The maximum atomic E-state index is 13.7. The summed E-state index contributed by atoms with van der Waals surface area (Å²) in [6, 6.07) is 3.51. The van der Waals surface area contributed by atoms with Gasteiger partial charge in [0.05, 0.1) is 24.0 Å². The SMILES string of the molecule is O=C(OC1C2CC3C1OC(=O)C3C2C(=O)OCCC(F)C(F)(F)S(=O)(=O)[O-])c1cc(I)cc(I)c1I. The summed E-state index contributed by atoms with van der Waals surface area (Å²) < 4.78 is 90.2. The Hall–Kier alpha value is -0.480. The summed E-state index contributed by atoms with van der Waals surface area (Å²) in [4.78, 5) is 38.2. The average Bonchev–Trinajstić information content (AvgIpc) is 3.39. The second kappa shape index (κ2) is 10.2. The van der Waals surface area contributed by atoms with Gasteiger partial charge in [0, 0.05) is 29.0 Å². The molecule has 2 bridgehead atoms. The highest BCUT2D eigenvalue weighted by Gasteiger charge is 2.70. The lowest BCUT2D eigenvalue weighted by Gasteiger charge is -2.30. The van der Waals surface area contributed by atoms with Crippen molar-refractivity contribution >= 4 is 95.8 Å². The van der Waals surface area contributed by atoms with Gasteiger partial charge in [-0.25, -0.2) is 17.6 Å². The summed E-state index contributed by atoms with van der Waals surface area (Å²) in [6.45, 7) is -0.951. The number of benzene rings is 1. The van der Waals surface area contributed by atoms with E-state index in [2.05, 4.69) is 45.2 Å². The number of carbonyl (C=O) groups is 3. The number of ether oxygens (including phenoxy) is 3. The zero-order valence-electron chi connectivity index (χ0n) is 17.7. The second-order valence-corrected chi connectivity index (χ2v) is 13.5. The van der Waals surface area contributed by atoms with Gasteiger partial charge in [-0.15, -0.1) is 0 Å².